The molecular formula is C7H10F2O2. The van der Waals surface area contributed by atoms with Crippen LogP contribution in [0.3, 0.4) is 0 Å². The van der Waals surface area contributed by atoms with Crippen LogP contribution in [0.5, 0.6) is 0 Å². The highest BCUT2D eigenvalue weighted by Crippen LogP contribution is 2.48. The molecular weight excluding hydrogens is 154 g/mol. The van der Waals surface area contributed by atoms with Crippen molar-refractivity contribution in [1.29, 1.82) is 0 Å². The average molecular weight is 164 g/mol. The molecule has 0 aromatic carbocycles. The van der Waals surface area contributed by atoms with E-state index in [1.54, 1.807) is 0 Å². The lowest BCUT2D eigenvalue weighted by molar-refractivity contribution is -0.148. The van der Waals surface area contributed by atoms with Gasteiger partial charge in [0.05, 0.1) is 6.42 Å². The van der Waals surface area contributed by atoms with Gasteiger partial charge in [-0.25, -0.2) is 8.78 Å². The largest absolute Gasteiger partial charge is 0.481 e. The number of carboxylic acid groups (broad SMARTS) is 1. The molecule has 0 saturated heterocycles. The van der Waals surface area contributed by atoms with E-state index in [9.17, 15) is 13.6 Å². The first-order chi connectivity index (χ1) is 5.07. The van der Waals surface area contributed by atoms with Crippen LogP contribution in [0.25, 0.3) is 0 Å². The second-order valence-electron chi connectivity index (χ2n) is 3.09. The first-order valence-corrected chi connectivity index (χ1v) is 3.57. The summed E-state index contributed by atoms with van der Waals surface area (Å²) >= 11 is 0. The minimum atomic E-state index is -2.48. The fourth-order valence-corrected chi connectivity index (χ4v) is 1.40. The van der Waals surface area contributed by atoms with Crippen molar-refractivity contribution in [1.82, 2.24) is 0 Å². The molecule has 0 aromatic heterocycles. The Labute approximate surface area is 63.2 Å². The summed E-state index contributed by atoms with van der Waals surface area (Å²) in [4.78, 5) is 10.2. The number of alkyl halides is 2. The molecule has 0 spiro atoms. The predicted molar refractivity (Wildman–Crippen MR) is 34.5 cm³/mol. The molecule has 0 radical (unpaired) electrons. The van der Waals surface area contributed by atoms with E-state index < -0.39 is 17.8 Å². The van der Waals surface area contributed by atoms with Gasteiger partial charge in [0.15, 0.2) is 0 Å². The Balaban J connectivity index is 2.53. The summed E-state index contributed by atoms with van der Waals surface area (Å²) in [5, 5.41) is 8.33. The van der Waals surface area contributed by atoms with Crippen LogP contribution in [0.4, 0.5) is 8.78 Å². The summed E-state index contributed by atoms with van der Waals surface area (Å²) in [5.41, 5.74) is -1.19. The maximum absolute atomic E-state index is 12.2. The standard InChI is InChI=1S/C7H10F2O2/c8-6(9)7(2-1-3-7)4-5(10)11/h6H,1-4H2,(H,10,11). The highest BCUT2D eigenvalue weighted by molar-refractivity contribution is 5.68. The lowest BCUT2D eigenvalue weighted by Gasteiger charge is -2.39. The quantitative estimate of drug-likeness (QED) is 0.691. The fourth-order valence-electron chi connectivity index (χ4n) is 1.40. The predicted octanol–water partition coefficient (Wildman–Crippen LogP) is 1.90. The van der Waals surface area contributed by atoms with Gasteiger partial charge >= 0.3 is 5.97 Å². The molecule has 1 rings (SSSR count). The molecule has 0 aliphatic heterocycles. The molecule has 11 heavy (non-hydrogen) atoms. The number of carbonyl (C=O) groups is 1. The Morgan fingerprint density at radius 2 is 2.09 bits per heavy atom. The molecule has 0 bridgehead atoms. The molecule has 64 valence electrons. The Hall–Kier alpha value is -0.670. The molecule has 0 atom stereocenters. The van der Waals surface area contributed by atoms with Gasteiger partial charge in [-0.1, -0.05) is 6.42 Å². The van der Waals surface area contributed by atoms with Crippen LogP contribution in [0, 0.1) is 5.41 Å². The third kappa shape index (κ3) is 1.49. The van der Waals surface area contributed by atoms with Gasteiger partial charge in [0.2, 0.25) is 6.43 Å². The normalized spacial score (nSPS) is 21.4. The highest BCUT2D eigenvalue weighted by atomic mass is 19.3. The van der Waals surface area contributed by atoms with E-state index in [4.69, 9.17) is 5.11 Å². The van der Waals surface area contributed by atoms with Gasteiger partial charge in [-0.2, -0.15) is 0 Å². The van der Waals surface area contributed by atoms with Crippen LogP contribution in [0.1, 0.15) is 25.7 Å². The van der Waals surface area contributed by atoms with Crippen LogP contribution in [-0.2, 0) is 4.79 Å². The third-order valence-corrected chi connectivity index (χ3v) is 2.32. The number of carboxylic acids is 1. The molecule has 0 amide bonds. The molecule has 1 aliphatic carbocycles. The van der Waals surface area contributed by atoms with Gasteiger partial charge in [0.25, 0.3) is 0 Å². The van der Waals surface area contributed by atoms with Crippen molar-refractivity contribution < 1.29 is 18.7 Å². The molecule has 1 aliphatic rings. The molecule has 0 unspecified atom stereocenters. The van der Waals surface area contributed by atoms with Crippen LogP contribution in [0.2, 0.25) is 0 Å². The number of hydrogen-bond donors (Lipinski definition) is 1. The van der Waals surface area contributed by atoms with E-state index in [1.165, 1.54) is 0 Å². The van der Waals surface area contributed by atoms with Crippen molar-refractivity contribution in [3.05, 3.63) is 0 Å². The van der Waals surface area contributed by atoms with Crippen molar-refractivity contribution in [2.45, 2.75) is 32.1 Å². The summed E-state index contributed by atoms with van der Waals surface area (Å²) in [6, 6.07) is 0. The summed E-state index contributed by atoms with van der Waals surface area (Å²) in [6.07, 6.45) is -1.41. The monoisotopic (exact) mass is 164 g/mol. The lowest BCUT2D eigenvalue weighted by Crippen LogP contribution is -2.38. The Bertz CT molecular complexity index is 164. The van der Waals surface area contributed by atoms with Crippen molar-refractivity contribution in [3.63, 3.8) is 0 Å². The van der Waals surface area contributed by atoms with Gasteiger partial charge in [0, 0.05) is 5.41 Å². The van der Waals surface area contributed by atoms with Crippen molar-refractivity contribution in [3.8, 4) is 0 Å². The van der Waals surface area contributed by atoms with E-state index in [2.05, 4.69) is 0 Å². The summed E-state index contributed by atoms with van der Waals surface area (Å²) in [6.45, 7) is 0. The summed E-state index contributed by atoms with van der Waals surface area (Å²) in [5.74, 6) is -1.12. The SMILES string of the molecule is O=C(O)CC1(C(F)F)CCC1. The van der Waals surface area contributed by atoms with Gasteiger partial charge in [0.1, 0.15) is 0 Å². The second kappa shape index (κ2) is 2.75. The zero-order valence-corrected chi connectivity index (χ0v) is 6.02. The molecule has 2 nitrogen and oxygen atoms in total. The topological polar surface area (TPSA) is 37.3 Å². The Morgan fingerprint density at radius 3 is 2.18 bits per heavy atom. The molecule has 4 heteroatoms. The van der Waals surface area contributed by atoms with Crippen molar-refractivity contribution in [2.75, 3.05) is 0 Å². The fraction of sp³-hybridized carbons (Fsp3) is 0.857. The smallest absolute Gasteiger partial charge is 0.304 e. The van der Waals surface area contributed by atoms with Crippen LogP contribution in [0.15, 0.2) is 0 Å². The maximum atomic E-state index is 12.2. The van der Waals surface area contributed by atoms with Crippen molar-refractivity contribution >= 4 is 5.97 Å². The third-order valence-electron chi connectivity index (χ3n) is 2.32. The van der Waals surface area contributed by atoms with Gasteiger partial charge in [-0.05, 0) is 12.8 Å². The zero-order valence-electron chi connectivity index (χ0n) is 6.02. The van der Waals surface area contributed by atoms with Crippen LogP contribution >= 0.6 is 0 Å². The Morgan fingerprint density at radius 1 is 1.55 bits per heavy atom. The maximum Gasteiger partial charge on any atom is 0.304 e. The number of halogens is 2. The van der Waals surface area contributed by atoms with E-state index in [-0.39, 0.29) is 6.42 Å². The van der Waals surface area contributed by atoms with Gasteiger partial charge in [-0.3, -0.25) is 4.79 Å². The second-order valence-corrected chi connectivity index (χ2v) is 3.09. The van der Waals surface area contributed by atoms with Gasteiger partial charge in [-0.15, -0.1) is 0 Å². The molecule has 0 heterocycles. The van der Waals surface area contributed by atoms with Crippen LogP contribution < -0.4 is 0 Å². The zero-order chi connectivity index (χ0) is 8.48. The van der Waals surface area contributed by atoms with Gasteiger partial charge < -0.3 is 5.11 Å². The lowest BCUT2D eigenvalue weighted by atomic mass is 9.67. The summed E-state index contributed by atoms with van der Waals surface area (Å²) < 4.78 is 24.5. The minimum Gasteiger partial charge on any atom is -0.481 e. The molecule has 0 aromatic rings. The molecule has 1 fully saturated rings. The molecule has 1 N–H and O–H groups in total. The van der Waals surface area contributed by atoms with E-state index in [0.29, 0.717) is 12.8 Å². The molecule has 1 saturated carbocycles. The van der Waals surface area contributed by atoms with E-state index in [1.807, 2.05) is 0 Å². The number of hydrogen-bond acceptors (Lipinski definition) is 1. The average Bonchev–Trinajstić information content (AvgIpc) is 1.77. The Kier molecular flexibility index (Phi) is 2.11. The van der Waals surface area contributed by atoms with E-state index in [0.717, 1.165) is 6.42 Å². The first-order valence-electron chi connectivity index (χ1n) is 3.57. The number of rotatable bonds is 3. The van der Waals surface area contributed by atoms with Crippen molar-refractivity contribution in [2.24, 2.45) is 5.41 Å². The summed E-state index contributed by atoms with van der Waals surface area (Å²) in [7, 11) is 0. The van der Waals surface area contributed by atoms with Crippen LogP contribution in [-0.4, -0.2) is 17.5 Å². The highest BCUT2D eigenvalue weighted by Gasteiger charge is 2.46. The first kappa shape index (κ1) is 8.43. The van der Waals surface area contributed by atoms with E-state index >= 15 is 0 Å². The number of aliphatic carboxylic acids is 1. The minimum absolute atomic E-state index is 0.358.